The number of nitrogens with two attached hydrogens (primary N) is 1. The Balaban J connectivity index is 2.06. The van der Waals surface area contributed by atoms with Crippen LogP contribution >= 0.6 is 0 Å². The topological polar surface area (TPSA) is 108 Å². The number of hydrogen-bond acceptors (Lipinski definition) is 5. The third-order valence-corrected chi connectivity index (χ3v) is 4.41. The Kier molecular flexibility index (Phi) is 4.23. The van der Waals surface area contributed by atoms with Gasteiger partial charge in [-0.2, -0.15) is 5.10 Å². The van der Waals surface area contributed by atoms with Crippen molar-refractivity contribution in [2.24, 2.45) is 16.3 Å². The van der Waals surface area contributed by atoms with Gasteiger partial charge in [-0.3, -0.25) is 14.4 Å². The third kappa shape index (κ3) is 3.08. The predicted octanol–water partition coefficient (Wildman–Crippen LogP) is -0.705. The Bertz CT molecular complexity index is 580. The molecule has 3 amide bonds. The van der Waals surface area contributed by atoms with Crippen molar-refractivity contribution in [3.8, 4) is 0 Å². The maximum atomic E-state index is 12.6. The van der Waals surface area contributed by atoms with Crippen LogP contribution in [0.3, 0.4) is 0 Å². The van der Waals surface area contributed by atoms with E-state index in [1.807, 2.05) is 6.92 Å². The first-order valence-corrected chi connectivity index (χ1v) is 7.71. The average molecular weight is 323 g/mol. The lowest BCUT2D eigenvalue weighted by molar-refractivity contribution is -0.141. The second-order valence-electron chi connectivity index (χ2n) is 7.13. The fourth-order valence-corrected chi connectivity index (χ4v) is 2.91. The molecule has 0 aromatic carbocycles. The van der Waals surface area contributed by atoms with Gasteiger partial charge in [-0.1, -0.05) is 0 Å². The normalized spacial score (nSPS) is 25.8. The molecular formula is C15H25N5O3. The van der Waals surface area contributed by atoms with Crippen LogP contribution in [0.2, 0.25) is 0 Å². The molecule has 1 fully saturated rings. The Morgan fingerprint density at radius 2 is 2.04 bits per heavy atom. The van der Waals surface area contributed by atoms with Gasteiger partial charge in [-0.15, -0.1) is 0 Å². The number of hydrogen-bond donors (Lipinski definition) is 2. The van der Waals surface area contributed by atoms with Crippen LogP contribution in [0.1, 0.15) is 34.1 Å². The molecule has 1 saturated heterocycles. The fraction of sp³-hybridized carbons (Fsp3) is 0.733. The van der Waals surface area contributed by atoms with E-state index in [-0.39, 0.29) is 24.3 Å². The molecule has 0 unspecified atom stereocenters. The summed E-state index contributed by atoms with van der Waals surface area (Å²) < 4.78 is 0. The number of amides is 3. The summed E-state index contributed by atoms with van der Waals surface area (Å²) in [6.45, 7) is 7.36. The van der Waals surface area contributed by atoms with Crippen molar-refractivity contribution in [1.82, 2.24) is 15.2 Å². The van der Waals surface area contributed by atoms with Crippen LogP contribution in [-0.2, 0) is 14.4 Å². The molecule has 0 aliphatic carbocycles. The quantitative estimate of drug-likeness (QED) is 0.715. The van der Waals surface area contributed by atoms with Gasteiger partial charge in [0.25, 0.3) is 5.91 Å². The minimum absolute atomic E-state index is 0.107. The van der Waals surface area contributed by atoms with E-state index in [9.17, 15) is 14.4 Å². The lowest BCUT2D eigenvalue weighted by Crippen LogP contribution is -2.59. The zero-order valence-electron chi connectivity index (χ0n) is 14.3. The molecule has 23 heavy (non-hydrogen) atoms. The van der Waals surface area contributed by atoms with Crippen LogP contribution in [-0.4, -0.2) is 65.1 Å². The second kappa shape index (κ2) is 5.59. The highest BCUT2D eigenvalue weighted by molar-refractivity contribution is 6.13. The molecule has 0 radical (unpaired) electrons. The second-order valence-corrected chi connectivity index (χ2v) is 7.13. The maximum Gasteiger partial charge on any atom is 0.255 e. The molecule has 2 rings (SSSR count). The first-order valence-electron chi connectivity index (χ1n) is 7.71. The molecule has 0 bridgehead atoms. The van der Waals surface area contributed by atoms with E-state index in [0.717, 1.165) is 5.71 Å². The van der Waals surface area contributed by atoms with Crippen LogP contribution in [0.5, 0.6) is 0 Å². The fourth-order valence-electron chi connectivity index (χ4n) is 2.91. The third-order valence-electron chi connectivity index (χ3n) is 4.41. The number of nitrogens with zero attached hydrogens (tertiary/aromatic N) is 3. The molecule has 0 aromatic heterocycles. The highest BCUT2D eigenvalue weighted by Gasteiger charge is 2.50. The van der Waals surface area contributed by atoms with Crippen LogP contribution in [0.25, 0.3) is 0 Å². The van der Waals surface area contributed by atoms with Crippen molar-refractivity contribution in [2.45, 2.75) is 45.7 Å². The average Bonchev–Trinajstić information content (AvgIpc) is 2.67. The number of piperidine rings is 1. The Morgan fingerprint density at radius 1 is 1.43 bits per heavy atom. The molecule has 2 heterocycles. The summed E-state index contributed by atoms with van der Waals surface area (Å²) in [5.41, 5.74) is 4.73. The summed E-state index contributed by atoms with van der Waals surface area (Å²) in [6.07, 6.45) is 0.557. The van der Waals surface area contributed by atoms with E-state index in [1.54, 1.807) is 32.7 Å². The SMILES string of the molecule is C[C@@H](NC(=O)C(C)(C)N)C(=O)N1CCC2=NN(C)C(=O)[C@]2(C)C1. The largest absolute Gasteiger partial charge is 0.343 e. The molecular weight excluding hydrogens is 298 g/mol. The summed E-state index contributed by atoms with van der Waals surface area (Å²) in [7, 11) is 1.62. The maximum absolute atomic E-state index is 12.6. The zero-order valence-corrected chi connectivity index (χ0v) is 14.3. The summed E-state index contributed by atoms with van der Waals surface area (Å²) in [5, 5.41) is 8.23. The molecule has 2 atom stereocenters. The first kappa shape index (κ1) is 17.4. The van der Waals surface area contributed by atoms with Crippen LogP contribution in [0, 0.1) is 5.41 Å². The molecule has 2 aliphatic heterocycles. The standard InChI is InChI=1S/C15H25N5O3/c1-9(17-12(22)14(2,3)16)11(21)20-7-6-10-15(4,8-20)13(23)19(5)18-10/h9H,6-8,16H2,1-5H3,(H,17,22)/t9-,15-/m1/s1. The lowest BCUT2D eigenvalue weighted by Gasteiger charge is -2.38. The van der Waals surface area contributed by atoms with E-state index < -0.39 is 17.0 Å². The van der Waals surface area contributed by atoms with Gasteiger partial charge in [0, 0.05) is 26.6 Å². The van der Waals surface area contributed by atoms with E-state index in [1.165, 1.54) is 5.01 Å². The molecule has 128 valence electrons. The predicted molar refractivity (Wildman–Crippen MR) is 85.4 cm³/mol. The molecule has 8 nitrogen and oxygen atoms in total. The van der Waals surface area contributed by atoms with E-state index >= 15 is 0 Å². The number of rotatable bonds is 3. The van der Waals surface area contributed by atoms with Crippen molar-refractivity contribution < 1.29 is 14.4 Å². The number of nitrogens with one attached hydrogen (secondary N) is 1. The van der Waals surface area contributed by atoms with Crippen molar-refractivity contribution in [3.05, 3.63) is 0 Å². The first-order chi connectivity index (χ1) is 10.5. The number of hydrazone groups is 1. The molecule has 2 aliphatic rings. The monoisotopic (exact) mass is 323 g/mol. The van der Waals surface area contributed by atoms with Gasteiger partial charge in [-0.25, -0.2) is 5.01 Å². The van der Waals surface area contributed by atoms with Crippen LogP contribution in [0.4, 0.5) is 0 Å². The molecule has 0 spiro atoms. The van der Waals surface area contributed by atoms with E-state index in [4.69, 9.17) is 5.73 Å². The van der Waals surface area contributed by atoms with Gasteiger partial charge < -0.3 is 16.0 Å². The number of carbonyl (C=O) groups is 3. The van der Waals surface area contributed by atoms with E-state index in [2.05, 4.69) is 10.4 Å². The lowest BCUT2D eigenvalue weighted by atomic mass is 9.80. The van der Waals surface area contributed by atoms with Gasteiger partial charge in [0.2, 0.25) is 11.8 Å². The number of fused-ring (bicyclic) bond motifs is 1. The zero-order chi connectivity index (χ0) is 17.6. The van der Waals surface area contributed by atoms with Crippen LogP contribution in [0.15, 0.2) is 5.10 Å². The Morgan fingerprint density at radius 3 is 2.61 bits per heavy atom. The van der Waals surface area contributed by atoms with Crippen molar-refractivity contribution in [3.63, 3.8) is 0 Å². The van der Waals surface area contributed by atoms with Gasteiger partial charge in [0.05, 0.1) is 11.3 Å². The molecule has 0 aromatic rings. The smallest absolute Gasteiger partial charge is 0.255 e. The van der Waals surface area contributed by atoms with Gasteiger partial charge in [0.15, 0.2) is 0 Å². The minimum Gasteiger partial charge on any atom is -0.343 e. The van der Waals surface area contributed by atoms with Gasteiger partial charge in [-0.05, 0) is 27.7 Å². The van der Waals surface area contributed by atoms with E-state index in [0.29, 0.717) is 13.0 Å². The van der Waals surface area contributed by atoms with Crippen molar-refractivity contribution in [2.75, 3.05) is 20.1 Å². The Labute approximate surface area is 136 Å². The molecule has 0 saturated carbocycles. The summed E-state index contributed by atoms with van der Waals surface area (Å²) in [4.78, 5) is 38.4. The summed E-state index contributed by atoms with van der Waals surface area (Å²) in [6, 6.07) is -0.693. The number of likely N-dealkylation sites (tertiary alicyclic amines) is 1. The highest BCUT2D eigenvalue weighted by atomic mass is 16.2. The van der Waals surface area contributed by atoms with Crippen molar-refractivity contribution >= 4 is 23.4 Å². The van der Waals surface area contributed by atoms with Crippen LogP contribution < -0.4 is 11.1 Å². The molecule has 3 N–H and O–H groups in total. The Hall–Kier alpha value is -1.96. The van der Waals surface area contributed by atoms with Gasteiger partial charge >= 0.3 is 0 Å². The summed E-state index contributed by atoms with van der Waals surface area (Å²) in [5.74, 6) is -0.712. The highest BCUT2D eigenvalue weighted by Crippen LogP contribution is 2.34. The van der Waals surface area contributed by atoms with Crippen molar-refractivity contribution in [1.29, 1.82) is 0 Å². The molecule has 8 heteroatoms. The van der Waals surface area contributed by atoms with Gasteiger partial charge in [0.1, 0.15) is 11.5 Å². The minimum atomic E-state index is -1.05. The summed E-state index contributed by atoms with van der Waals surface area (Å²) >= 11 is 0. The number of carbonyl (C=O) groups excluding carboxylic acids is 3.